The van der Waals surface area contributed by atoms with E-state index in [2.05, 4.69) is 66.5 Å². The van der Waals surface area contributed by atoms with Crippen molar-refractivity contribution in [2.75, 3.05) is 14.2 Å². The Morgan fingerprint density at radius 3 is 2.59 bits per heavy atom. The Morgan fingerprint density at radius 2 is 1.78 bits per heavy atom. The molecule has 27 heavy (non-hydrogen) atoms. The number of aryl methyl sites for hydroxylation is 1. The molecule has 0 spiro atoms. The lowest BCUT2D eigenvalue weighted by atomic mass is 10.0. The van der Waals surface area contributed by atoms with Crippen molar-refractivity contribution in [2.24, 2.45) is 0 Å². The van der Waals surface area contributed by atoms with Gasteiger partial charge in [-0.05, 0) is 60.0 Å². The first-order chi connectivity index (χ1) is 13.2. The van der Waals surface area contributed by atoms with Gasteiger partial charge in [-0.25, -0.2) is 0 Å². The molecule has 0 saturated carbocycles. The standard InChI is InChI=1S/C24H25NO2/c1-25(24-15-12-20-7-3-4-9-23(20)27-24)17-18-6-5-8-21(16-18)19-10-13-22(26-2)14-11-19/h3-11,13-14,16,24H,12,15,17H2,1-2H3. The third-order valence-corrected chi connectivity index (χ3v) is 5.17. The van der Waals surface area contributed by atoms with E-state index < -0.39 is 0 Å². The molecule has 1 unspecified atom stereocenters. The largest absolute Gasteiger partial charge is 0.497 e. The second kappa shape index (κ2) is 7.85. The lowest BCUT2D eigenvalue weighted by Crippen LogP contribution is -2.38. The van der Waals surface area contributed by atoms with Crippen molar-refractivity contribution in [3.63, 3.8) is 0 Å². The molecule has 1 heterocycles. The highest BCUT2D eigenvalue weighted by molar-refractivity contribution is 5.64. The van der Waals surface area contributed by atoms with E-state index in [0.29, 0.717) is 0 Å². The van der Waals surface area contributed by atoms with E-state index >= 15 is 0 Å². The molecular weight excluding hydrogens is 334 g/mol. The first-order valence-electron chi connectivity index (χ1n) is 9.41. The van der Waals surface area contributed by atoms with E-state index in [9.17, 15) is 0 Å². The maximum absolute atomic E-state index is 6.22. The number of methoxy groups -OCH3 is 1. The third kappa shape index (κ3) is 3.99. The van der Waals surface area contributed by atoms with Crippen molar-refractivity contribution in [1.82, 2.24) is 4.90 Å². The van der Waals surface area contributed by atoms with Crippen LogP contribution in [0.5, 0.6) is 11.5 Å². The van der Waals surface area contributed by atoms with Crippen LogP contribution >= 0.6 is 0 Å². The smallest absolute Gasteiger partial charge is 0.153 e. The molecule has 0 bridgehead atoms. The number of hydrogen-bond donors (Lipinski definition) is 0. The van der Waals surface area contributed by atoms with Crippen molar-refractivity contribution in [3.05, 3.63) is 83.9 Å². The summed E-state index contributed by atoms with van der Waals surface area (Å²) in [4.78, 5) is 2.29. The van der Waals surface area contributed by atoms with Gasteiger partial charge in [-0.2, -0.15) is 0 Å². The normalized spacial score (nSPS) is 15.9. The van der Waals surface area contributed by atoms with Gasteiger partial charge in [0.25, 0.3) is 0 Å². The summed E-state index contributed by atoms with van der Waals surface area (Å²) >= 11 is 0. The van der Waals surface area contributed by atoms with E-state index in [1.165, 1.54) is 22.3 Å². The van der Waals surface area contributed by atoms with Gasteiger partial charge in [0, 0.05) is 13.0 Å². The fraction of sp³-hybridized carbons (Fsp3) is 0.250. The lowest BCUT2D eigenvalue weighted by molar-refractivity contribution is 0.0226. The van der Waals surface area contributed by atoms with E-state index in [1.807, 2.05) is 18.2 Å². The SMILES string of the molecule is COc1ccc(-c2cccc(CN(C)C3CCc4ccccc4O3)c2)cc1. The van der Waals surface area contributed by atoms with Crippen LogP contribution in [0, 0.1) is 0 Å². The predicted octanol–water partition coefficient (Wildman–Crippen LogP) is 5.15. The fourth-order valence-electron chi connectivity index (χ4n) is 3.64. The highest BCUT2D eigenvalue weighted by Crippen LogP contribution is 2.29. The zero-order chi connectivity index (χ0) is 18.6. The number of rotatable bonds is 5. The van der Waals surface area contributed by atoms with Crippen molar-refractivity contribution in [3.8, 4) is 22.6 Å². The topological polar surface area (TPSA) is 21.7 Å². The van der Waals surface area contributed by atoms with Gasteiger partial charge in [-0.1, -0.05) is 48.5 Å². The van der Waals surface area contributed by atoms with E-state index in [0.717, 1.165) is 30.9 Å². The van der Waals surface area contributed by atoms with Crippen LogP contribution in [0.1, 0.15) is 17.5 Å². The molecule has 1 aliphatic heterocycles. The maximum atomic E-state index is 6.22. The van der Waals surface area contributed by atoms with Crippen LogP contribution in [0.15, 0.2) is 72.8 Å². The summed E-state index contributed by atoms with van der Waals surface area (Å²) in [6.07, 6.45) is 2.20. The molecule has 3 nitrogen and oxygen atoms in total. The van der Waals surface area contributed by atoms with Crippen molar-refractivity contribution >= 4 is 0 Å². The number of benzene rings is 3. The van der Waals surface area contributed by atoms with Crippen molar-refractivity contribution in [2.45, 2.75) is 25.6 Å². The van der Waals surface area contributed by atoms with Crippen LogP contribution in [0.2, 0.25) is 0 Å². The Labute approximate surface area is 161 Å². The minimum absolute atomic E-state index is 0.115. The molecule has 0 N–H and O–H groups in total. The molecule has 3 aromatic carbocycles. The average molecular weight is 359 g/mol. The molecule has 3 heteroatoms. The molecular formula is C24H25NO2. The Bertz CT molecular complexity index is 904. The number of para-hydroxylation sites is 1. The molecule has 0 radical (unpaired) electrons. The first-order valence-corrected chi connectivity index (χ1v) is 9.41. The number of nitrogens with zero attached hydrogens (tertiary/aromatic N) is 1. The molecule has 0 fully saturated rings. The molecule has 0 amide bonds. The van der Waals surface area contributed by atoms with Gasteiger partial charge in [0.15, 0.2) is 6.23 Å². The zero-order valence-corrected chi connectivity index (χ0v) is 15.9. The van der Waals surface area contributed by atoms with E-state index in [1.54, 1.807) is 7.11 Å². The molecule has 4 rings (SSSR count). The summed E-state index contributed by atoms with van der Waals surface area (Å²) in [5.74, 6) is 1.90. The predicted molar refractivity (Wildman–Crippen MR) is 109 cm³/mol. The highest BCUT2D eigenvalue weighted by atomic mass is 16.5. The van der Waals surface area contributed by atoms with Crippen LogP contribution in [-0.4, -0.2) is 25.3 Å². The molecule has 1 aliphatic rings. The fourth-order valence-corrected chi connectivity index (χ4v) is 3.64. The highest BCUT2D eigenvalue weighted by Gasteiger charge is 2.23. The number of fused-ring (bicyclic) bond motifs is 1. The molecule has 0 saturated heterocycles. The van der Waals surface area contributed by atoms with Crippen LogP contribution < -0.4 is 9.47 Å². The molecule has 138 valence electrons. The summed E-state index contributed by atoms with van der Waals surface area (Å²) < 4.78 is 11.5. The quantitative estimate of drug-likeness (QED) is 0.629. The van der Waals surface area contributed by atoms with Crippen molar-refractivity contribution < 1.29 is 9.47 Å². The van der Waals surface area contributed by atoms with Gasteiger partial charge >= 0.3 is 0 Å². The summed E-state index contributed by atoms with van der Waals surface area (Å²) in [6.45, 7) is 0.858. The third-order valence-electron chi connectivity index (χ3n) is 5.17. The van der Waals surface area contributed by atoms with Gasteiger partial charge in [0.05, 0.1) is 7.11 Å². The van der Waals surface area contributed by atoms with Crippen LogP contribution in [-0.2, 0) is 13.0 Å². The van der Waals surface area contributed by atoms with Gasteiger partial charge in [0.1, 0.15) is 11.5 Å². The minimum atomic E-state index is 0.115. The monoisotopic (exact) mass is 359 g/mol. The van der Waals surface area contributed by atoms with E-state index in [-0.39, 0.29) is 6.23 Å². The van der Waals surface area contributed by atoms with Crippen LogP contribution in [0.4, 0.5) is 0 Å². The van der Waals surface area contributed by atoms with Crippen molar-refractivity contribution in [1.29, 1.82) is 0 Å². The van der Waals surface area contributed by atoms with Gasteiger partial charge in [-0.3, -0.25) is 4.90 Å². The van der Waals surface area contributed by atoms with Gasteiger partial charge in [-0.15, -0.1) is 0 Å². The number of hydrogen-bond acceptors (Lipinski definition) is 3. The Kier molecular flexibility index (Phi) is 5.12. The van der Waals surface area contributed by atoms with E-state index in [4.69, 9.17) is 9.47 Å². The Morgan fingerprint density at radius 1 is 0.963 bits per heavy atom. The number of ether oxygens (including phenoxy) is 2. The lowest BCUT2D eigenvalue weighted by Gasteiger charge is -2.33. The van der Waals surface area contributed by atoms with Crippen LogP contribution in [0.25, 0.3) is 11.1 Å². The molecule has 0 aromatic heterocycles. The first kappa shape index (κ1) is 17.6. The summed E-state index contributed by atoms with van der Waals surface area (Å²) in [5, 5.41) is 0. The van der Waals surface area contributed by atoms with Crippen LogP contribution in [0.3, 0.4) is 0 Å². The second-order valence-electron chi connectivity index (χ2n) is 7.06. The average Bonchev–Trinajstić information content (AvgIpc) is 2.73. The molecule has 1 atom stereocenters. The molecule has 0 aliphatic carbocycles. The summed E-state index contributed by atoms with van der Waals surface area (Å²) in [5.41, 5.74) is 5.01. The van der Waals surface area contributed by atoms with Gasteiger partial charge in [0.2, 0.25) is 0 Å². The zero-order valence-electron chi connectivity index (χ0n) is 15.9. The second-order valence-corrected chi connectivity index (χ2v) is 7.06. The Hall–Kier alpha value is -2.78. The molecule has 3 aromatic rings. The van der Waals surface area contributed by atoms with Gasteiger partial charge < -0.3 is 9.47 Å². The maximum Gasteiger partial charge on any atom is 0.153 e. The summed E-state index contributed by atoms with van der Waals surface area (Å²) in [7, 11) is 3.83. The Balaban J connectivity index is 1.46. The summed E-state index contributed by atoms with van der Waals surface area (Å²) in [6, 6.07) is 25.3. The minimum Gasteiger partial charge on any atom is -0.497 e.